The molecule has 2 heterocycles. The van der Waals surface area contributed by atoms with E-state index in [0.717, 1.165) is 39.5 Å². The summed E-state index contributed by atoms with van der Waals surface area (Å²) in [6.07, 6.45) is -5.15. The van der Waals surface area contributed by atoms with Crippen LogP contribution in [0, 0.1) is 0 Å². The topological polar surface area (TPSA) is 190 Å². The Morgan fingerprint density at radius 3 is 1.97 bits per heavy atom. The van der Waals surface area contributed by atoms with E-state index in [0.29, 0.717) is 0 Å². The first-order valence-corrected chi connectivity index (χ1v) is 12.5. The van der Waals surface area contributed by atoms with Crippen molar-refractivity contribution < 1.29 is 47.7 Å². The van der Waals surface area contributed by atoms with Gasteiger partial charge in [-0.15, -0.1) is 0 Å². The second kappa shape index (κ2) is 13.2. The summed E-state index contributed by atoms with van der Waals surface area (Å²) in [6, 6.07) is 0. The zero-order valence-corrected chi connectivity index (χ0v) is 22.7. The van der Waals surface area contributed by atoms with E-state index in [2.05, 4.69) is 15.6 Å². The lowest BCUT2D eigenvalue weighted by Crippen LogP contribution is -2.64. The molecule has 0 radical (unpaired) electrons. The SMILES string of the molecule is CSc1nc(NC2OC(COC(C)=O)C(OC(C)=O)C(OC(C)=O)C2OC(C)=O)c(NC(C)=O)c(=O)n1C. The summed E-state index contributed by atoms with van der Waals surface area (Å²) in [5.74, 6) is -3.75. The summed E-state index contributed by atoms with van der Waals surface area (Å²) in [5, 5.41) is 5.50. The van der Waals surface area contributed by atoms with Crippen LogP contribution in [0.25, 0.3) is 0 Å². The third kappa shape index (κ3) is 7.92. The molecule has 1 aliphatic rings. The average Bonchev–Trinajstić information content (AvgIpc) is 2.79. The van der Waals surface area contributed by atoms with Crippen LogP contribution in [0.2, 0.25) is 0 Å². The molecule has 0 aliphatic carbocycles. The number of ether oxygens (including phenoxy) is 5. The Bertz CT molecular complexity index is 1150. The van der Waals surface area contributed by atoms with E-state index in [1.807, 2.05) is 0 Å². The van der Waals surface area contributed by atoms with Crippen LogP contribution in [0.1, 0.15) is 34.6 Å². The number of esters is 4. The summed E-state index contributed by atoms with van der Waals surface area (Å²) in [6.45, 7) is 5.20. The Balaban J connectivity index is 2.66. The zero-order valence-electron chi connectivity index (χ0n) is 21.9. The van der Waals surface area contributed by atoms with Crippen molar-refractivity contribution in [3.05, 3.63) is 10.4 Å². The number of nitrogens with zero attached hydrogens (tertiary/aromatic N) is 2. The van der Waals surface area contributed by atoms with Gasteiger partial charge in [-0.2, -0.15) is 0 Å². The van der Waals surface area contributed by atoms with Crippen LogP contribution < -0.4 is 16.2 Å². The fraction of sp³-hybridized carbons (Fsp3) is 0.591. The number of carbonyl (C=O) groups excluding carboxylic acids is 5. The van der Waals surface area contributed by atoms with Crippen molar-refractivity contribution in [2.45, 2.75) is 70.4 Å². The van der Waals surface area contributed by atoms with Crippen LogP contribution >= 0.6 is 11.8 Å². The first kappa shape index (κ1) is 30.6. The predicted molar refractivity (Wildman–Crippen MR) is 131 cm³/mol. The minimum Gasteiger partial charge on any atom is -0.463 e. The van der Waals surface area contributed by atoms with Gasteiger partial charge < -0.3 is 34.3 Å². The number of amides is 1. The van der Waals surface area contributed by atoms with Crippen molar-refractivity contribution in [3.63, 3.8) is 0 Å². The maximum absolute atomic E-state index is 13.0. The maximum Gasteiger partial charge on any atom is 0.303 e. The van der Waals surface area contributed by atoms with Crippen LogP contribution in [-0.4, -0.2) is 82.8 Å². The molecule has 1 fully saturated rings. The molecule has 0 spiro atoms. The Hall–Kier alpha value is -3.66. The number of anilines is 2. The van der Waals surface area contributed by atoms with Gasteiger partial charge in [0.25, 0.3) is 5.56 Å². The summed E-state index contributed by atoms with van der Waals surface area (Å²) in [4.78, 5) is 76.6. The monoisotopic (exact) mass is 558 g/mol. The molecule has 0 saturated carbocycles. The molecule has 1 aromatic heterocycles. The van der Waals surface area contributed by atoms with Crippen LogP contribution in [0.3, 0.4) is 0 Å². The molecule has 5 atom stereocenters. The largest absolute Gasteiger partial charge is 0.463 e. The molecule has 2 N–H and O–H groups in total. The molecule has 1 aromatic rings. The molecule has 15 nitrogen and oxygen atoms in total. The Labute approximate surface area is 221 Å². The fourth-order valence-electron chi connectivity index (χ4n) is 3.64. The molecular weight excluding hydrogens is 528 g/mol. The highest BCUT2D eigenvalue weighted by atomic mass is 32.2. The summed E-state index contributed by atoms with van der Waals surface area (Å²) >= 11 is 1.14. The van der Waals surface area contributed by atoms with Crippen molar-refractivity contribution in [3.8, 4) is 0 Å². The number of carbonyl (C=O) groups is 5. The molecule has 1 aliphatic heterocycles. The van der Waals surface area contributed by atoms with Gasteiger partial charge in [0.15, 0.2) is 41.2 Å². The Morgan fingerprint density at radius 2 is 1.47 bits per heavy atom. The molecule has 16 heteroatoms. The van der Waals surface area contributed by atoms with E-state index in [1.54, 1.807) is 6.26 Å². The minimum absolute atomic E-state index is 0.145. The summed E-state index contributed by atoms with van der Waals surface area (Å²) < 4.78 is 28.4. The minimum atomic E-state index is -1.44. The lowest BCUT2D eigenvalue weighted by molar-refractivity contribution is -0.247. The normalized spacial score (nSPS) is 22.6. The Kier molecular flexibility index (Phi) is 10.6. The van der Waals surface area contributed by atoms with Gasteiger partial charge in [-0.05, 0) is 6.26 Å². The first-order chi connectivity index (χ1) is 17.7. The van der Waals surface area contributed by atoms with E-state index >= 15 is 0 Å². The molecule has 2 rings (SSSR count). The van der Waals surface area contributed by atoms with Crippen molar-refractivity contribution in [1.29, 1.82) is 0 Å². The van der Waals surface area contributed by atoms with Gasteiger partial charge in [-0.1, -0.05) is 11.8 Å². The average molecular weight is 559 g/mol. The quantitative estimate of drug-likeness (QED) is 0.177. The van der Waals surface area contributed by atoms with Crippen molar-refractivity contribution >= 4 is 53.1 Å². The fourth-order valence-corrected chi connectivity index (χ4v) is 4.18. The van der Waals surface area contributed by atoms with E-state index in [1.165, 1.54) is 18.5 Å². The standard InChI is InChI=1S/C22H30N4O11S/c1-9(27)23-15-19(25-22(38-7)26(6)21(15)32)24-20-18(36-13(5)31)17(35-12(4)30)16(34-11(3)29)14(37-20)8-33-10(2)28/h14,16-18,20,24H,8H2,1-7H3,(H,23,27). The summed E-state index contributed by atoms with van der Waals surface area (Å²) in [5.41, 5.74) is -0.835. The van der Waals surface area contributed by atoms with Gasteiger partial charge in [0.1, 0.15) is 12.7 Å². The molecule has 1 saturated heterocycles. The molecule has 1 amide bonds. The van der Waals surface area contributed by atoms with Gasteiger partial charge in [-0.25, -0.2) is 4.98 Å². The highest BCUT2D eigenvalue weighted by molar-refractivity contribution is 7.98. The second-order valence-electron chi connectivity index (χ2n) is 8.13. The number of aromatic nitrogens is 2. The van der Waals surface area contributed by atoms with Crippen LogP contribution in [0.15, 0.2) is 9.95 Å². The van der Waals surface area contributed by atoms with Crippen molar-refractivity contribution in [2.24, 2.45) is 7.05 Å². The van der Waals surface area contributed by atoms with E-state index in [4.69, 9.17) is 23.7 Å². The highest BCUT2D eigenvalue weighted by Crippen LogP contribution is 2.31. The van der Waals surface area contributed by atoms with Gasteiger partial charge in [0.2, 0.25) is 5.91 Å². The van der Waals surface area contributed by atoms with Crippen molar-refractivity contribution in [2.75, 3.05) is 23.5 Å². The maximum atomic E-state index is 13.0. The Morgan fingerprint density at radius 1 is 0.921 bits per heavy atom. The van der Waals surface area contributed by atoms with E-state index < -0.39 is 72.6 Å². The van der Waals surface area contributed by atoms with Gasteiger partial charge in [0.05, 0.1) is 0 Å². The number of thioether (sulfide) groups is 1. The van der Waals surface area contributed by atoms with E-state index in [-0.39, 0.29) is 16.7 Å². The van der Waals surface area contributed by atoms with E-state index in [9.17, 15) is 28.8 Å². The molecule has 0 aromatic carbocycles. The molecule has 210 valence electrons. The smallest absolute Gasteiger partial charge is 0.303 e. The lowest BCUT2D eigenvalue weighted by atomic mass is 9.97. The van der Waals surface area contributed by atoms with Gasteiger partial charge in [-0.3, -0.25) is 33.3 Å². The number of hydrogen-bond acceptors (Lipinski definition) is 14. The zero-order chi connectivity index (χ0) is 28.7. The van der Waals surface area contributed by atoms with Crippen LogP contribution in [-0.2, 0) is 54.7 Å². The first-order valence-electron chi connectivity index (χ1n) is 11.2. The molecular formula is C22H30N4O11S. The number of hydrogen-bond donors (Lipinski definition) is 2. The lowest BCUT2D eigenvalue weighted by Gasteiger charge is -2.44. The van der Waals surface area contributed by atoms with Crippen LogP contribution in [0.5, 0.6) is 0 Å². The third-order valence-corrected chi connectivity index (χ3v) is 5.73. The summed E-state index contributed by atoms with van der Waals surface area (Å²) in [7, 11) is 1.46. The van der Waals surface area contributed by atoms with Crippen LogP contribution in [0.4, 0.5) is 11.5 Å². The number of rotatable bonds is 9. The van der Waals surface area contributed by atoms with Crippen molar-refractivity contribution in [1.82, 2.24) is 9.55 Å². The van der Waals surface area contributed by atoms with Gasteiger partial charge in [0, 0.05) is 41.7 Å². The third-order valence-electron chi connectivity index (χ3n) is 5.00. The molecule has 5 unspecified atom stereocenters. The predicted octanol–water partition coefficient (Wildman–Crippen LogP) is -0.0444. The second-order valence-corrected chi connectivity index (χ2v) is 8.91. The molecule has 0 bridgehead atoms. The highest BCUT2D eigenvalue weighted by Gasteiger charge is 2.52. The molecule has 38 heavy (non-hydrogen) atoms. The van der Waals surface area contributed by atoms with Gasteiger partial charge >= 0.3 is 23.9 Å². The number of nitrogens with one attached hydrogen (secondary N) is 2.